The summed E-state index contributed by atoms with van der Waals surface area (Å²) in [6.07, 6.45) is 7.02. The van der Waals surface area contributed by atoms with Crippen molar-refractivity contribution in [3.05, 3.63) is 47.2 Å². The molecule has 1 unspecified atom stereocenters. The van der Waals surface area contributed by atoms with Crippen molar-refractivity contribution in [3.63, 3.8) is 0 Å². The third-order valence-electron chi connectivity index (χ3n) is 4.78. The molecule has 1 fully saturated rings. The molecule has 29 heavy (non-hydrogen) atoms. The molecule has 4 rings (SSSR count). The predicted octanol–water partition coefficient (Wildman–Crippen LogP) is 3.91. The molecule has 1 N–H and O–H groups in total. The third kappa shape index (κ3) is 4.07. The van der Waals surface area contributed by atoms with Crippen molar-refractivity contribution in [2.75, 3.05) is 31.0 Å². The maximum atomic E-state index is 8.96. The molecule has 0 amide bonds. The molecule has 3 aromatic rings. The SMILES string of the molecule is COc1cc(OC)cc(C2CCCN2c2cncc(Nc3ncc(C#N)s3)n2)c1. The van der Waals surface area contributed by atoms with Gasteiger partial charge in [-0.15, -0.1) is 0 Å². The van der Waals surface area contributed by atoms with Gasteiger partial charge in [-0.1, -0.05) is 11.3 Å². The van der Waals surface area contributed by atoms with E-state index < -0.39 is 0 Å². The van der Waals surface area contributed by atoms with Gasteiger partial charge < -0.3 is 19.7 Å². The predicted molar refractivity (Wildman–Crippen MR) is 111 cm³/mol. The molecule has 0 aliphatic carbocycles. The van der Waals surface area contributed by atoms with Gasteiger partial charge in [0.25, 0.3) is 0 Å². The smallest absolute Gasteiger partial charge is 0.189 e. The van der Waals surface area contributed by atoms with Gasteiger partial charge in [-0.05, 0) is 30.5 Å². The van der Waals surface area contributed by atoms with Crippen molar-refractivity contribution < 1.29 is 9.47 Å². The molecular weight excluding hydrogens is 388 g/mol. The van der Waals surface area contributed by atoms with E-state index in [2.05, 4.69) is 26.3 Å². The van der Waals surface area contributed by atoms with E-state index in [0.29, 0.717) is 15.8 Å². The lowest BCUT2D eigenvalue weighted by Crippen LogP contribution is -2.24. The standard InChI is InChI=1S/C20H20N6O2S/c1-27-14-6-13(7-15(8-14)28-2)17-4-3-5-26(17)19-12-22-11-18(24-19)25-20-23-10-16(9-21)29-20/h6-8,10-12,17H,3-5H2,1-2H3,(H,23,24,25). The van der Waals surface area contributed by atoms with E-state index in [1.807, 2.05) is 18.2 Å². The van der Waals surface area contributed by atoms with Crippen LogP contribution in [0.15, 0.2) is 36.8 Å². The molecule has 1 aliphatic heterocycles. The van der Waals surface area contributed by atoms with Crippen LogP contribution in [0.5, 0.6) is 11.5 Å². The lowest BCUT2D eigenvalue weighted by atomic mass is 10.0. The van der Waals surface area contributed by atoms with Crippen LogP contribution in [0, 0.1) is 11.3 Å². The second kappa shape index (κ2) is 8.32. The summed E-state index contributed by atoms with van der Waals surface area (Å²) in [6.45, 7) is 0.887. The van der Waals surface area contributed by atoms with Crippen molar-refractivity contribution in [3.8, 4) is 17.6 Å². The molecule has 1 atom stereocenters. The number of thiazole rings is 1. The minimum atomic E-state index is 0.161. The van der Waals surface area contributed by atoms with Crippen LogP contribution in [0.3, 0.4) is 0 Å². The van der Waals surface area contributed by atoms with Gasteiger partial charge in [0, 0.05) is 12.6 Å². The molecule has 1 saturated heterocycles. The fourth-order valence-corrected chi connectivity index (χ4v) is 4.08. The van der Waals surface area contributed by atoms with Gasteiger partial charge in [0.1, 0.15) is 28.3 Å². The lowest BCUT2D eigenvalue weighted by Gasteiger charge is -2.26. The number of ether oxygens (including phenoxy) is 2. The fraction of sp³-hybridized carbons (Fsp3) is 0.300. The van der Waals surface area contributed by atoms with Crippen molar-refractivity contribution in [2.45, 2.75) is 18.9 Å². The van der Waals surface area contributed by atoms with E-state index in [1.165, 1.54) is 17.5 Å². The van der Waals surface area contributed by atoms with Crippen LogP contribution in [0.1, 0.15) is 29.3 Å². The molecule has 0 spiro atoms. The summed E-state index contributed by atoms with van der Waals surface area (Å²) in [4.78, 5) is 16.0. The number of nitrogens with one attached hydrogen (secondary N) is 1. The third-order valence-corrected chi connectivity index (χ3v) is 5.60. The number of nitriles is 1. The van der Waals surface area contributed by atoms with Gasteiger partial charge in [-0.3, -0.25) is 4.98 Å². The molecule has 2 aromatic heterocycles. The van der Waals surface area contributed by atoms with E-state index in [9.17, 15) is 0 Å². The highest BCUT2D eigenvalue weighted by atomic mass is 32.1. The second-order valence-corrected chi connectivity index (χ2v) is 7.56. The van der Waals surface area contributed by atoms with E-state index in [-0.39, 0.29) is 6.04 Å². The number of aromatic nitrogens is 3. The van der Waals surface area contributed by atoms with Crippen molar-refractivity contribution in [1.29, 1.82) is 5.26 Å². The van der Waals surface area contributed by atoms with Gasteiger partial charge in [-0.25, -0.2) is 9.97 Å². The molecule has 1 aromatic carbocycles. The minimum absolute atomic E-state index is 0.161. The summed E-state index contributed by atoms with van der Waals surface area (Å²) < 4.78 is 10.9. The summed E-state index contributed by atoms with van der Waals surface area (Å²) in [5.41, 5.74) is 1.12. The number of benzene rings is 1. The zero-order valence-corrected chi connectivity index (χ0v) is 16.9. The Morgan fingerprint density at radius 2 is 1.97 bits per heavy atom. The molecule has 0 saturated carbocycles. The Morgan fingerprint density at radius 3 is 2.66 bits per heavy atom. The molecule has 0 bridgehead atoms. The number of methoxy groups -OCH3 is 2. The first-order valence-corrected chi connectivity index (χ1v) is 9.96. The van der Waals surface area contributed by atoms with E-state index in [0.717, 1.165) is 42.3 Å². The summed E-state index contributed by atoms with van der Waals surface area (Å²) in [5, 5.41) is 12.7. The fourth-order valence-electron chi connectivity index (χ4n) is 3.46. The van der Waals surface area contributed by atoms with Gasteiger partial charge in [-0.2, -0.15) is 5.26 Å². The van der Waals surface area contributed by atoms with Crippen molar-refractivity contribution in [2.24, 2.45) is 0 Å². The number of nitrogens with zero attached hydrogens (tertiary/aromatic N) is 5. The van der Waals surface area contributed by atoms with Crippen LogP contribution in [-0.4, -0.2) is 35.7 Å². The Hall–Kier alpha value is -3.38. The molecule has 8 nitrogen and oxygen atoms in total. The van der Waals surface area contributed by atoms with Gasteiger partial charge in [0.05, 0.1) is 38.9 Å². The van der Waals surface area contributed by atoms with Crippen LogP contribution in [0.2, 0.25) is 0 Å². The Bertz CT molecular complexity index is 1030. The number of anilines is 3. The van der Waals surface area contributed by atoms with E-state index in [4.69, 9.17) is 19.7 Å². The molecule has 3 heterocycles. The number of hydrogen-bond acceptors (Lipinski definition) is 9. The summed E-state index contributed by atoms with van der Waals surface area (Å²) >= 11 is 1.28. The van der Waals surface area contributed by atoms with Gasteiger partial charge in [0.15, 0.2) is 10.9 Å². The topological polar surface area (TPSA) is 96.2 Å². The average molecular weight is 408 g/mol. The first-order valence-electron chi connectivity index (χ1n) is 9.15. The van der Waals surface area contributed by atoms with Crippen LogP contribution in [0.4, 0.5) is 16.8 Å². The van der Waals surface area contributed by atoms with Crippen molar-refractivity contribution in [1.82, 2.24) is 15.0 Å². The largest absolute Gasteiger partial charge is 0.497 e. The zero-order chi connectivity index (χ0) is 20.2. The Kier molecular flexibility index (Phi) is 5.44. The normalized spacial score (nSPS) is 15.8. The molecule has 1 aliphatic rings. The van der Waals surface area contributed by atoms with E-state index in [1.54, 1.807) is 26.6 Å². The van der Waals surface area contributed by atoms with Gasteiger partial charge in [0.2, 0.25) is 0 Å². The van der Waals surface area contributed by atoms with Crippen molar-refractivity contribution >= 4 is 28.1 Å². The molecule has 148 valence electrons. The first-order chi connectivity index (χ1) is 14.2. The molecule has 0 radical (unpaired) electrons. The summed E-state index contributed by atoms with van der Waals surface area (Å²) in [7, 11) is 3.31. The zero-order valence-electron chi connectivity index (χ0n) is 16.1. The number of rotatable bonds is 6. The highest BCUT2D eigenvalue weighted by molar-refractivity contribution is 7.16. The van der Waals surface area contributed by atoms with E-state index >= 15 is 0 Å². The maximum Gasteiger partial charge on any atom is 0.189 e. The summed E-state index contributed by atoms with van der Waals surface area (Å²) in [6, 6.07) is 8.20. The Morgan fingerprint density at radius 1 is 1.17 bits per heavy atom. The molecular formula is C20H20N6O2S. The average Bonchev–Trinajstić information content (AvgIpc) is 3.43. The maximum absolute atomic E-state index is 8.96. The van der Waals surface area contributed by atoms with Gasteiger partial charge >= 0.3 is 0 Å². The lowest BCUT2D eigenvalue weighted by molar-refractivity contribution is 0.392. The second-order valence-electron chi connectivity index (χ2n) is 6.53. The first kappa shape index (κ1) is 19.0. The molecule has 9 heteroatoms. The highest BCUT2D eigenvalue weighted by Gasteiger charge is 2.28. The Labute approximate surface area is 172 Å². The minimum Gasteiger partial charge on any atom is -0.497 e. The quantitative estimate of drug-likeness (QED) is 0.656. The summed E-state index contributed by atoms with van der Waals surface area (Å²) in [5.74, 6) is 2.92. The van der Waals surface area contributed by atoms with Crippen LogP contribution in [0.25, 0.3) is 0 Å². The van der Waals surface area contributed by atoms with Crippen LogP contribution in [-0.2, 0) is 0 Å². The monoisotopic (exact) mass is 408 g/mol. The van der Waals surface area contributed by atoms with Crippen LogP contribution < -0.4 is 19.7 Å². The van der Waals surface area contributed by atoms with Crippen LogP contribution >= 0.6 is 11.3 Å². The Balaban J connectivity index is 1.60. The number of hydrogen-bond donors (Lipinski definition) is 1. The highest BCUT2D eigenvalue weighted by Crippen LogP contribution is 2.38.